The third-order valence-corrected chi connectivity index (χ3v) is 4.08. The molecule has 1 N–H and O–H groups in total. The summed E-state index contributed by atoms with van der Waals surface area (Å²) in [5.74, 6) is -0.807. The van der Waals surface area contributed by atoms with Gasteiger partial charge in [0.05, 0.1) is 24.5 Å². The molecule has 0 unspecified atom stereocenters. The van der Waals surface area contributed by atoms with Crippen LogP contribution in [-0.4, -0.2) is 40.6 Å². The second-order valence-electron chi connectivity index (χ2n) is 6.23. The summed E-state index contributed by atoms with van der Waals surface area (Å²) in [6.07, 6.45) is 0.757. The van der Waals surface area contributed by atoms with Crippen LogP contribution in [0.5, 0.6) is 0 Å². The number of hydrogen-bond donors (Lipinski definition) is 1. The van der Waals surface area contributed by atoms with Crippen LogP contribution in [0.15, 0.2) is 54.6 Å². The van der Waals surface area contributed by atoms with Crippen molar-refractivity contribution in [1.29, 1.82) is 0 Å². The van der Waals surface area contributed by atoms with Crippen LogP contribution in [-0.2, 0) is 16.1 Å². The number of anilines is 1. The Morgan fingerprint density at radius 2 is 1.79 bits per heavy atom. The summed E-state index contributed by atoms with van der Waals surface area (Å²) >= 11 is 0. The number of para-hydroxylation sites is 1. The van der Waals surface area contributed by atoms with Crippen molar-refractivity contribution >= 4 is 17.6 Å². The van der Waals surface area contributed by atoms with Crippen LogP contribution < -0.4 is 5.32 Å². The topological polar surface area (TPSA) is 95.3 Å². The van der Waals surface area contributed by atoms with E-state index in [9.17, 15) is 9.59 Å². The second kappa shape index (κ2) is 9.61. The Morgan fingerprint density at radius 3 is 2.45 bits per heavy atom. The van der Waals surface area contributed by atoms with Gasteiger partial charge in [0, 0.05) is 12.8 Å². The number of amides is 1. The summed E-state index contributed by atoms with van der Waals surface area (Å²) in [7, 11) is 1.54. The van der Waals surface area contributed by atoms with E-state index in [1.165, 1.54) is 0 Å². The number of rotatable bonds is 8. The molecule has 0 aliphatic carbocycles. The van der Waals surface area contributed by atoms with E-state index in [0.29, 0.717) is 23.6 Å². The maximum atomic E-state index is 12.7. The minimum absolute atomic E-state index is 0.169. The number of nitrogens with zero attached hydrogens (tertiary/aromatic N) is 3. The predicted molar refractivity (Wildman–Crippen MR) is 107 cm³/mol. The van der Waals surface area contributed by atoms with E-state index in [-0.39, 0.29) is 12.3 Å². The average Bonchev–Trinajstić information content (AvgIpc) is 3.17. The van der Waals surface area contributed by atoms with Gasteiger partial charge in [0.25, 0.3) is 5.91 Å². The van der Waals surface area contributed by atoms with Crippen LogP contribution in [0.2, 0.25) is 0 Å². The van der Waals surface area contributed by atoms with Crippen molar-refractivity contribution in [3.63, 3.8) is 0 Å². The van der Waals surface area contributed by atoms with Crippen LogP contribution in [0.3, 0.4) is 0 Å². The molecule has 0 aliphatic rings. The lowest BCUT2D eigenvalue weighted by Gasteiger charge is -2.08. The van der Waals surface area contributed by atoms with Gasteiger partial charge in [0.15, 0.2) is 5.69 Å². The molecule has 0 saturated carbocycles. The number of esters is 1. The monoisotopic (exact) mass is 394 g/mol. The Labute approximate surface area is 168 Å². The first-order valence-electron chi connectivity index (χ1n) is 9.21. The molecular weight excluding hydrogens is 372 g/mol. The molecule has 3 rings (SSSR count). The molecule has 2 aromatic carbocycles. The van der Waals surface area contributed by atoms with Crippen molar-refractivity contribution < 1.29 is 19.1 Å². The first-order chi connectivity index (χ1) is 14.1. The van der Waals surface area contributed by atoms with E-state index in [1.807, 2.05) is 37.3 Å². The fourth-order valence-corrected chi connectivity index (χ4v) is 2.68. The molecule has 0 spiro atoms. The van der Waals surface area contributed by atoms with Gasteiger partial charge in [-0.05, 0) is 42.8 Å². The highest BCUT2D eigenvalue weighted by Gasteiger charge is 2.21. The van der Waals surface area contributed by atoms with Gasteiger partial charge >= 0.3 is 5.97 Å². The normalized spacial score (nSPS) is 10.6. The maximum Gasteiger partial charge on any atom is 0.338 e. The van der Waals surface area contributed by atoms with Gasteiger partial charge < -0.3 is 14.8 Å². The summed E-state index contributed by atoms with van der Waals surface area (Å²) in [5.41, 5.74) is 2.44. The molecule has 0 radical (unpaired) electrons. The maximum absolute atomic E-state index is 12.7. The highest BCUT2D eigenvalue weighted by atomic mass is 16.5. The highest BCUT2D eigenvalue weighted by Crippen LogP contribution is 2.17. The van der Waals surface area contributed by atoms with Crippen molar-refractivity contribution in [2.24, 2.45) is 0 Å². The molecule has 0 fully saturated rings. The minimum atomic E-state index is -0.416. The third-order valence-electron chi connectivity index (χ3n) is 4.08. The molecule has 1 aromatic heterocycles. The lowest BCUT2D eigenvalue weighted by Crippen LogP contribution is -2.16. The van der Waals surface area contributed by atoms with Crippen molar-refractivity contribution in [3.8, 4) is 5.69 Å². The minimum Gasteiger partial charge on any atom is -0.462 e. The zero-order valence-electron chi connectivity index (χ0n) is 16.3. The van der Waals surface area contributed by atoms with E-state index in [2.05, 4.69) is 15.6 Å². The van der Waals surface area contributed by atoms with E-state index in [4.69, 9.17) is 9.47 Å². The number of hydrogen-bond acceptors (Lipinski definition) is 6. The smallest absolute Gasteiger partial charge is 0.338 e. The van der Waals surface area contributed by atoms with E-state index < -0.39 is 11.9 Å². The molecule has 150 valence electrons. The zero-order valence-corrected chi connectivity index (χ0v) is 16.3. The van der Waals surface area contributed by atoms with Crippen LogP contribution in [0.1, 0.15) is 39.9 Å². The number of carbonyl (C=O) groups is 2. The van der Waals surface area contributed by atoms with Crippen molar-refractivity contribution in [2.45, 2.75) is 20.0 Å². The molecule has 1 heterocycles. The highest BCUT2D eigenvalue weighted by molar-refractivity contribution is 6.03. The lowest BCUT2D eigenvalue weighted by atomic mass is 10.2. The lowest BCUT2D eigenvalue weighted by molar-refractivity contribution is 0.0505. The van der Waals surface area contributed by atoms with Crippen molar-refractivity contribution in [2.75, 3.05) is 19.0 Å². The van der Waals surface area contributed by atoms with E-state index >= 15 is 0 Å². The predicted octanol–water partition coefficient (Wildman–Crippen LogP) is 3.23. The molecule has 8 heteroatoms. The number of ether oxygens (including phenoxy) is 2. The largest absolute Gasteiger partial charge is 0.462 e. The number of benzene rings is 2. The molecule has 1 amide bonds. The molecule has 0 saturated heterocycles. The molecule has 3 aromatic rings. The van der Waals surface area contributed by atoms with Crippen LogP contribution in [0, 0.1) is 0 Å². The van der Waals surface area contributed by atoms with Gasteiger partial charge in [-0.25, -0.2) is 9.48 Å². The van der Waals surface area contributed by atoms with Gasteiger partial charge in [0.1, 0.15) is 5.69 Å². The summed E-state index contributed by atoms with van der Waals surface area (Å²) in [5, 5.41) is 10.9. The quantitative estimate of drug-likeness (QED) is 0.590. The van der Waals surface area contributed by atoms with Crippen LogP contribution >= 0.6 is 0 Å². The van der Waals surface area contributed by atoms with Gasteiger partial charge in [0.2, 0.25) is 0 Å². The molecule has 0 aliphatic heterocycles. The second-order valence-corrected chi connectivity index (χ2v) is 6.23. The van der Waals surface area contributed by atoms with Gasteiger partial charge in [-0.3, -0.25) is 4.79 Å². The first kappa shape index (κ1) is 20.2. The Hall–Kier alpha value is -3.52. The Kier molecular flexibility index (Phi) is 6.70. The van der Waals surface area contributed by atoms with E-state index in [0.717, 1.165) is 12.1 Å². The SMILES string of the molecule is CCCOC(=O)c1ccc(NC(=O)c2nnn(-c3ccccc3)c2COC)cc1. The van der Waals surface area contributed by atoms with Crippen LogP contribution in [0.4, 0.5) is 5.69 Å². The third kappa shape index (κ3) is 4.85. The van der Waals surface area contributed by atoms with Crippen molar-refractivity contribution in [3.05, 3.63) is 71.5 Å². The summed E-state index contributed by atoms with van der Waals surface area (Å²) in [6, 6.07) is 15.9. The Morgan fingerprint density at radius 1 is 1.07 bits per heavy atom. The average molecular weight is 394 g/mol. The molecule has 0 bridgehead atoms. The first-order valence-corrected chi connectivity index (χ1v) is 9.21. The summed E-state index contributed by atoms with van der Waals surface area (Å²) < 4.78 is 11.9. The zero-order chi connectivity index (χ0) is 20.6. The fourth-order valence-electron chi connectivity index (χ4n) is 2.68. The molecule has 29 heavy (non-hydrogen) atoms. The summed E-state index contributed by atoms with van der Waals surface area (Å²) in [6.45, 7) is 2.47. The van der Waals surface area contributed by atoms with E-state index in [1.54, 1.807) is 36.1 Å². The number of nitrogens with one attached hydrogen (secondary N) is 1. The standard InChI is InChI=1S/C21H22N4O4/c1-3-13-29-21(27)15-9-11-16(12-10-15)22-20(26)19-18(14-28-2)25(24-23-19)17-7-5-4-6-8-17/h4-12H,3,13-14H2,1-2H3,(H,22,26). The molecule has 8 nitrogen and oxygen atoms in total. The van der Waals surface area contributed by atoms with Gasteiger partial charge in [-0.2, -0.15) is 0 Å². The Balaban J connectivity index is 1.77. The summed E-state index contributed by atoms with van der Waals surface area (Å²) in [4.78, 5) is 24.6. The number of methoxy groups -OCH3 is 1. The number of carbonyl (C=O) groups excluding carboxylic acids is 2. The molecular formula is C21H22N4O4. The fraction of sp³-hybridized carbons (Fsp3) is 0.238. The van der Waals surface area contributed by atoms with Crippen LogP contribution in [0.25, 0.3) is 5.69 Å². The molecule has 0 atom stereocenters. The van der Waals surface area contributed by atoms with Gasteiger partial charge in [-0.15, -0.1) is 5.10 Å². The van der Waals surface area contributed by atoms with Gasteiger partial charge in [-0.1, -0.05) is 30.3 Å². The Bertz CT molecular complexity index is 968. The number of aromatic nitrogens is 3. The van der Waals surface area contributed by atoms with Crippen molar-refractivity contribution in [1.82, 2.24) is 15.0 Å².